The summed E-state index contributed by atoms with van der Waals surface area (Å²) in [7, 11) is 0. The molecule has 50 heavy (non-hydrogen) atoms. The maximum absolute atomic E-state index is 6.32. The van der Waals surface area contributed by atoms with Crippen LogP contribution in [0.3, 0.4) is 0 Å². The fourth-order valence-corrected chi connectivity index (χ4v) is 7.73. The third kappa shape index (κ3) is 4.59. The van der Waals surface area contributed by atoms with E-state index in [0.717, 1.165) is 46.0 Å². The summed E-state index contributed by atoms with van der Waals surface area (Å²) < 4.78 is 6.32. The lowest BCUT2D eigenvalue weighted by molar-refractivity contribution is 0.628. The lowest BCUT2D eigenvalue weighted by atomic mass is 9.90. The van der Waals surface area contributed by atoms with Crippen molar-refractivity contribution in [3.8, 4) is 22.3 Å². The van der Waals surface area contributed by atoms with Gasteiger partial charge >= 0.3 is 0 Å². The van der Waals surface area contributed by atoms with E-state index in [0.29, 0.717) is 0 Å². The van der Waals surface area contributed by atoms with Crippen LogP contribution in [-0.4, -0.2) is 6.54 Å². The monoisotopic (exact) mass is 640 g/mol. The number of hydrogen-bond acceptors (Lipinski definition) is 3. The van der Waals surface area contributed by atoms with Gasteiger partial charge in [-0.1, -0.05) is 133 Å². The smallest absolute Gasteiger partial charge is 0.201 e. The molecule has 0 unspecified atom stereocenters. The second kappa shape index (κ2) is 11.5. The van der Waals surface area contributed by atoms with Gasteiger partial charge in [-0.2, -0.15) is 0 Å². The predicted molar refractivity (Wildman–Crippen MR) is 212 cm³/mol. The second-order valence-corrected chi connectivity index (χ2v) is 12.9. The quantitative estimate of drug-likeness (QED) is 0.190. The number of benzene rings is 8. The molecule has 0 atom stereocenters. The summed E-state index contributed by atoms with van der Waals surface area (Å²) in [4.78, 5) is 2.35. The van der Waals surface area contributed by atoms with Gasteiger partial charge in [0, 0.05) is 23.5 Å². The second-order valence-electron chi connectivity index (χ2n) is 12.9. The van der Waals surface area contributed by atoms with E-state index in [1.54, 1.807) is 0 Å². The number of nitrogens with one attached hydrogen (secondary N) is 1. The summed E-state index contributed by atoms with van der Waals surface area (Å²) in [5.41, 5.74) is 9.98. The van der Waals surface area contributed by atoms with Gasteiger partial charge < -0.3 is 14.6 Å². The molecule has 236 valence electrons. The molecule has 0 saturated carbocycles. The van der Waals surface area contributed by atoms with Crippen molar-refractivity contribution in [2.45, 2.75) is 0 Å². The Hall–Kier alpha value is -6.58. The summed E-state index contributed by atoms with van der Waals surface area (Å²) in [6.45, 7) is 0.758. The van der Waals surface area contributed by atoms with E-state index in [-0.39, 0.29) is 0 Å². The standard InChI is InChI=1S/C47H32N2O/c1-2-10-31(11-3-1)32-21-25-36(26-22-32)49(43-17-8-18-44-46(43)41-16-9-29-48-47(41)50-44)37-27-23-34(24-28-37)42-30-35-20-19-33-12-4-5-13-38(33)45(35)40-15-7-6-14-39(40)42/h1-28,30,48H,29H2. The van der Waals surface area contributed by atoms with Gasteiger partial charge in [-0.15, -0.1) is 0 Å². The zero-order valence-corrected chi connectivity index (χ0v) is 27.3. The van der Waals surface area contributed by atoms with E-state index in [1.165, 1.54) is 54.6 Å². The van der Waals surface area contributed by atoms with Crippen LogP contribution in [0.5, 0.6) is 0 Å². The van der Waals surface area contributed by atoms with Crippen molar-refractivity contribution in [2.24, 2.45) is 0 Å². The van der Waals surface area contributed by atoms with Gasteiger partial charge in [-0.3, -0.25) is 0 Å². The van der Waals surface area contributed by atoms with Gasteiger partial charge in [0.1, 0.15) is 5.58 Å². The van der Waals surface area contributed by atoms with Crippen LogP contribution in [0.2, 0.25) is 0 Å². The minimum Gasteiger partial charge on any atom is -0.440 e. The molecular formula is C47H32N2O. The molecule has 3 heteroatoms. The number of hydrogen-bond donors (Lipinski definition) is 1. The average molecular weight is 641 g/mol. The molecule has 3 nitrogen and oxygen atoms in total. The van der Waals surface area contributed by atoms with Crippen LogP contribution in [0, 0.1) is 0 Å². The first-order valence-electron chi connectivity index (χ1n) is 17.2. The SMILES string of the molecule is C1=Cc2c(oc3cccc(N(c4ccc(-c5ccccc5)cc4)c4ccc(-c5cc6ccc7ccccc7c6c6ccccc56)cc4)c23)NC1. The molecule has 0 bridgehead atoms. The first-order valence-corrected chi connectivity index (χ1v) is 17.2. The molecule has 1 aliphatic heterocycles. The van der Waals surface area contributed by atoms with Crippen LogP contribution in [-0.2, 0) is 0 Å². The number of nitrogens with zero attached hydrogens (tertiary/aromatic N) is 1. The number of furan rings is 1. The van der Waals surface area contributed by atoms with Crippen molar-refractivity contribution in [2.75, 3.05) is 16.8 Å². The number of anilines is 4. The predicted octanol–water partition coefficient (Wildman–Crippen LogP) is 13.1. The van der Waals surface area contributed by atoms with E-state index >= 15 is 0 Å². The molecular weight excluding hydrogens is 609 g/mol. The third-order valence-electron chi connectivity index (χ3n) is 10.1. The topological polar surface area (TPSA) is 28.4 Å². The van der Waals surface area contributed by atoms with E-state index in [1.807, 2.05) is 0 Å². The van der Waals surface area contributed by atoms with Gasteiger partial charge in [0.15, 0.2) is 0 Å². The van der Waals surface area contributed by atoms with Gasteiger partial charge in [0.25, 0.3) is 0 Å². The van der Waals surface area contributed by atoms with Crippen molar-refractivity contribution >= 4 is 72.3 Å². The summed E-state index contributed by atoms with van der Waals surface area (Å²) in [6.07, 6.45) is 4.33. The Balaban J connectivity index is 1.14. The van der Waals surface area contributed by atoms with Gasteiger partial charge in [-0.05, 0) is 97.0 Å². The fraction of sp³-hybridized carbons (Fsp3) is 0.0213. The molecule has 8 aromatic carbocycles. The van der Waals surface area contributed by atoms with E-state index in [4.69, 9.17) is 4.42 Å². The maximum atomic E-state index is 6.32. The first-order chi connectivity index (χ1) is 24.8. The van der Waals surface area contributed by atoms with Gasteiger partial charge in [0.2, 0.25) is 5.88 Å². The van der Waals surface area contributed by atoms with Crippen LogP contribution >= 0.6 is 0 Å². The molecule has 1 aliphatic rings. The van der Waals surface area contributed by atoms with E-state index < -0.39 is 0 Å². The van der Waals surface area contributed by atoms with Crippen LogP contribution in [0.1, 0.15) is 5.56 Å². The molecule has 10 rings (SSSR count). The molecule has 0 saturated heterocycles. The van der Waals surface area contributed by atoms with E-state index in [9.17, 15) is 0 Å². The van der Waals surface area contributed by atoms with Crippen molar-refractivity contribution in [1.29, 1.82) is 0 Å². The summed E-state index contributed by atoms with van der Waals surface area (Å²) in [5.74, 6) is 0.820. The van der Waals surface area contributed by atoms with Crippen molar-refractivity contribution in [1.82, 2.24) is 0 Å². The summed E-state index contributed by atoms with van der Waals surface area (Å²) in [5, 5.41) is 12.2. The lowest BCUT2D eigenvalue weighted by Crippen LogP contribution is -2.10. The lowest BCUT2D eigenvalue weighted by Gasteiger charge is -2.27. The Morgan fingerprint density at radius 2 is 1.16 bits per heavy atom. The highest BCUT2D eigenvalue weighted by Crippen LogP contribution is 2.45. The largest absolute Gasteiger partial charge is 0.440 e. The number of rotatable bonds is 5. The summed E-state index contributed by atoms with van der Waals surface area (Å²) >= 11 is 0. The fourth-order valence-electron chi connectivity index (χ4n) is 7.73. The van der Waals surface area contributed by atoms with Gasteiger partial charge in [-0.25, -0.2) is 0 Å². The highest BCUT2D eigenvalue weighted by atomic mass is 16.3. The minimum absolute atomic E-state index is 0.758. The average Bonchev–Trinajstić information content (AvgIpc) is 3.58. The van der Waals surface area contributed by atoms with Crippen LogP contribution in [0.25, 0.3) is 71.6 Å². The normalized spacial score (nSPS) is 12.4. The van der Waals surface area contributed by atoms with E-state index in [2.05, 4.69) is 186 Å². The Labute approximate surface area is 290 Å². The third-order valence-corrected chi connectivity index (χ3v) is 10.1. The number of fused-ring (bicyclic) bond motifs is 8. The maximum Gasteiger partial charge on any atom is 0.201 e. The molecule has 0 spiro atoms. The Morgan fingerprint density at radius 3 is 1.96 bits per heavy atom. The molecule has 1 aromatic heterocycles. The van der Waals surface area contributed by atoms with Crippen LogP contribution in [0.15, 0.2) is 174 Å². The van der Waals surface area contributed by atoms with Gasteiger partial charge in [0.05, 0.1) is 11.1 Å². The molecule has 0 amide bonds. The Kier molecular flexibility index (Phi) is 6.56. The van der Waals surface area contributed by atoms with Crippen molar-refractivity contribution < 1.29 is 4.42 Å². The van der Waals surface area contributed by atoms with Crippen LogP contribution < -0.4 is 10.2 Å². The zero-order valence-electron chi connectivity index (χ0n) is 27.3. The molecule has 0 aliphatic carbocycles. The van der Waals surface area contributed by atoms with Crippen LogP contribution in [0.4, 0.5) is 22.9 Å². The Bertz CT molecular complexity index is 2740. The van der Waals surface area contributed by atoms with Crippen molar-refractivity contribution in [3.63, 3.8) is 0 Å². The molecule has 2 heterocycles. The molecule has 0 fully saturated rings. The highest BCUT2D eigenvalue weighted by Gasteiger charge is 2.23. The highest BCUT2D eigenvalue weighted by molar-refractivity contribution is 6.23. The Morgan fingerprint density at radius 1 is 0.500 bits per heavy atom. The molecule has 9 aromatic rings. The molecule has 1 N–H and O–H groups in total. The first kappa shape index (κ1) is 28.4. The summed E-state index contributed by atoms with van der Waals surface area (Å²) in [6, 6.07) is 59.1. The zero-order chi connectivity index (χ0) is 33.0. The molecule has 0 radical (unpaired) electrons. The minimum atomic E-state index is 0.758. The van der Waals surface area contributed by atoms with Crippen molar-refractivity contribution in [3.05, 3.63) is 175 Å².